The third-order valence-electron chi connectivity index (χ3n) is 2.38. The number of carbonyl (C=O) groups is 1. The third-order valence-corrected chi connectivity index (χ3v) is 3.34. The average molecular weight is 362 g/mol. The quantitative estimate of drug-likeness (QED) is 0.850. The van der Waals surface area contributed by atoms with Crippen LogP contribution in [0.4, 0.5) is 0 Å². The number of carboxylic acids is 1. The zero-order valence-corrected chi connectivity index (χ0v) is 11.6. The molecule has 0 atom stereocenters. The van der Waals surface area contributed by atoms with Crippen LogP contribution in [0.25, 0.3) is 0 Å². The number of hydrogen-bond donors (Lipinski definition) is 1. The molecule has 0 saturated carbocycles. The minimum absolute atomic E-state index is 0.273. The van der Waals surface area contributed by atoms with E-state index in [4.69, 9.17) is 16.7 Å². The van der Waals surface area contributed by atoms with Gasteiger partial charge in [0.25, 0.3) is 0 Å². The fourth-order valence-corrected chi connectivity index (χ4v) is 2.42. The van der Waals surface area contributed by atoms with Crippen LogP contribution in [-0.4, -0.2) is 15.6 Å². The number of aromatic carboxylic acids is 1. The van der Waals surface area contributed by atoms with Crippen LogP contribution in [0.1, 0.15) is 16.1 Å². The predicted octanol–water partition coefficient (Wildman–Crippen LogP) is 3.49. The van der Waals surface area contributed by atoms with Gasteiger partial charge in [0.1, 0.15) is 5.69 Å². The Morgan fingerprint density at radius 2 is 2.12 bits per heavy atom. The van der Waals surface area contributed by atoms with Gasteiger partial charge < -0.3 is 9.67 Å². The molecule has 17 heavy (non-hydrogen) atoms. The van der Waals surface area contributed by atoms with Gasteiger partial charge in [-0.05, 0) is 40.3 Å². The summed E-state index contributed by atoms with van der Waals surface area (Å²) in [5.41, 5.74) is 1.18. The lowest BCUT2D eigenvalue weighted by molar-refractivity contribution is 0.0685. The lowest BCUT2D eigenvalue weighted by Gasteiger charge is -2.07. The Kier molecular flexibility index (Phi) is 3.73. The first-order chi connectivity index (χ1) is 8.08. The molecule has 0 aliphatic heterocycles. The Bertz CT molecular complexity index is 565. The van der Waals surface area contributed by atoms with Gasteiger partial charge in [-0.3, -0.25) is 0 Å². The molecule has 0 radical (unpaired) electrons. The number of benzene rings is 1. The molecule has 1 aromatic carbocycles. The Hall–Kier alpha value is -1.01. The molecule has 0 bridgehead atoms. The van der Waals surface area contributed by atoms with Gasteiger partial charge in [-0.25, -0.2) is 4.79 Å². The Balaban J connectivity index is 2.36. The van der Waals surface area contributed by atoms with E-state index in [1.54, 1.807) is 22.9 Å². The second-order valence-electron chi connectivity index (χ2n) is 3.57. The largest absolute Gasteiger partial charge is 0.477 e. The molecule has 0 saturated heterocycles. The number of rotatable bonds is 3. The molecular weight excluding hydrogens is 352 g/mol. The second kappa shape index (κ2) is 5.10. The van der Waals surface area contributed by atoms with Crippen molar-refractivity contribution in [2.75, 3.05) is 0 Å². The van der Waals surface area contributed by atoms with Crippen LogP contribution in [0, 0.1) is 3.57 Å². The molecule has 0 aliphatic rings. The van der Waals surface area contributed by atoms with Crippen LogP contribution in [0.2, 0.25) is 5.02 Å². The van der Waals surface area contributed by atoms with Crippen molar-refractivity contribution < 1.29 is 9.90 Å². The molecule has 1 heterocycles. The van der Waals surface area contributed by atoms with E-state index in [1.807, 2.05) is 18.2 Å². The van der Waals surface area contributed by atoms with Gasteiger partial charge in [0.15, 0.2) is 0 Å². The van der Waals surface area contributed by atoms with Crippen LogP contribution >= 0.6 is 34.2 Å². The van der Waals surface area contributed by atoms with Gasteiger partial charge >= 0.3 is 5.97 Å². The van der Waals surface area contributed by atoms with Crippen molar-refractivity contribution in [3.8, 4) is 0 Å². The highest BCUT2D eigenvalue weighted by molar-refractivity contribution is 14.1. The molecule has 0 fully saturated rings. The number of carboxylic acid groups (broad SMARTS) is 1. The number of hydrogen-bond acceptors (Lipinski definition) is 1. The minimum atomic E-state index is -0.931. The van der Waals surface area contributed by atoms with Gasteiger partial charge in [0.05, 0.1) is 0 Å². The molecule has 88 valence electrons. The summed E-state index contributed by atoms with van der Waals surface area (Å²) < 4.78 is 2.58. The zero-order valence-electron chi connectivity index (χ0n) is 8.73. The van der Waals surface area contributed by atoms with Crippen LogP contribution < -0.4 is 0 Å². The van der Waals surface area contributed by atoms with E-state index in [1.165, 1.54) is 0 Å². The number of aromatic nitrogens is 1. The summed E-state index contributed by atoms with van der Waals surface area (Å²) in [6, 6.07) is 9.06. The van der Waals surface area contributed by atoms with E-state index in [2.05, 4.69) is 22.6 Å². The van der Waals surface area contributed by atoms with Crippen LogP contribution in [-0.2, 0) is 6.54 Å². The maximum absolute atomic E-state index is 11.1. The normalized spacial score (nSPS) is 10.5. The summed E-state index contributed by atoms with van der Waals surface area (Å²) in [7, 11) is 0. The summed E-state index contributed by atoms with van der Waals surface area (Å²) in [6.45, 7) is 0.463. The van der Waals surface area contributed by atoms with Crippen molar-refractivity contribution in [2.24, 2.45) is 0 Å². The lowest BCUT2D eigenvalue weighted by Crippen LogP contribution is -2.08. The Morgan fingerprint density at radius 1 is 1.41 bits per heavy atom. The Labute approximate surface area is 117 Å². The zero-order chi connectivity index (χ0) is 12.4. The molecule has 0 unspecified atom stereocenters. The highest BCUT2D eigenvalue weighted by Crippen LogP contribution is 2.19. The lowest BCUT2D eigenvalue weighted by atomic mass is 10.2. The van der Waals surface area contributed by atoms with Crippen molar-refractivity contribution in [3.05, 3.63) is 56.4 Å². The van der Waals surface area contributed by atoms with Crippen molar-refractivity contribution >= 4 is 40.2 Å². The van der Waals surface area contributed by atoms with E-state index in [0.29, 0.717) is 11.6 Å². The predicted molar refractivity (Wildman–Crippen MR) is 74.7 cm³/mol. The molecule has 5 heteroatoms. The molecule has 1 N–H and O–H groups in total. The average Bonchev–Trinajstić information content (AvgIpc) is 2.63. The maximum atomic E-state index is 11.1. The fraction of sp³-hybridized carbons (Fsp3) is 0.0833. The number of halogens is 2. The molecular formula is C12H9ClINO2. The fourth-order valence-electron chi connectivity index (χ4n) is 1.59. The van der Waals surface area contributed by atoms with Crippen molar-refractivity contribution in [1.29, 1.82) is 0 Å². The van der Waals surface area contributed by atoms with Crippen molar-refractivity contribution in [2.45, 2.75) is 6.54 Å². The topological polar surface area (TPSA) is 42.2 Å². The van der Waals surface area contributed by atoms with E-state index in [0.717, 1.165) is 9.13 Å². The minimum Gasteiger partial charge on any atom is -0.477 e. The maximum Gasteiger partial charge on any atom is 0.352 e. The molecule has 0 spiro atoms. The van der Waals surface area contributed by atoms with E-state index in [-0.39, 0.29) is 5.69 Å². The molecule has 2 aromatic rings. The summed E-state index contributed by atoms with van der Waals surface area (Å²) in [6.07, 6.45) is 1.80. The second-order valence-corrected chi connectivity index (χ2v) is 5.22. The van der Waals surface area contributed by atoms with Gasteiger partial charge in [0.2, 0.25) is 0 Å². The van der Waals surface area contributed by atoms with Gasteiger partial charge in [-0.15, -0.1) is 0 Å². The summed E-state index contributed by atoms with van der Waals surface area (Å²) in [4.78, 5) is 11.1. The van der Waals surface area contributed by atoms with E-state index in [9.17, 15) is 4.79 Å². The van der Waals surface area contributed by atoms with Gasteiger partial charge in [0, 0.05) is 21.3 Å². The van der Waals surface area contributed by atoms with Gasteiger partial charge in [-0.1, -0.05) is 29.8 Å². The molecule has 0 amide bonds. The highest BCUT2D eigenvalue weighted by Gasteiger charge is 2.12. The van der Waals surface area contributed by atoms with E-state index < -0.39 is 5.97 Å². The summed E-state index contributed by atoms with van der Waals surface area (Å²) in [5, 5.41) is 9.72. The van der Waals surface area contributed by atoms with Crippen molar-refractivity contribution in [3.63, 3.8) is 0 Å². The first-order valence-corrected chi connectivity index (χ1v) is 6.36. The SMILES string of the molecule is O=C(O)c1cc(I)cn1Cc1ccccc1Cl. The van der Waals surface area contributed by atoms with Crippen LogP contribution in [0.5, 0.6) is 0 Å². The first-order valence-electron chi connectivity index (χ1n) is 4.90. The molecule has 0 aliphatic carbocycles. The molecule has 2 rings (SSSR count). The van der Waals surface area contributed by atoms with Crippen LogP contribution in [0.15, 0.2) is 36.5 Å². The standard InChI is InChI=1S/C12H9ClINO2/c13-10-4-2-1-3-8(10)6-15-7-9(14)5-11(15)12(16)17/h1-5,7H,6H2,(H,16,17). The molecule has 3 nitrogen and oxygen atoms in total. The van der Waals surface area contributed by atoms with Crippen LogP contribution in [0.3, 0.4) is 0 Å². The third kappa shape index (κ3) is 2.81. The Morgan fingerprint density at radius 3 is 2.76 bits per heavy atom. The number of nitrogens with zero attached hydrogens (tertiary/aromatic N) is 1. The monoisotopic (exact) mass is 361 g/mol. The van der Waals surface area contributed by atoms with Crippen molar-refractivity contribution in [1.82, 2.24) is 4.57 Å². The first kappa shape index (κ1) is 12.4. The van der Waals surface area contributed by atoms with Gasteiger partial charge in [-0.2, -0.15) is 0 Å². The molecule has 1 aromatic heterocycles. The smallest absolute Gasteiger partial charge is 0.352 e. The van der Waals surface area contributed by atoms with E-state index >= 15 is 0 Å². The highest BCUT2D eigenvalue weighted by atomic mass is 127. The summed E-state index contributed by atoms with van der Waals surface area (Å²) >= 11 is 8.14. The summed E-state index contributed by atoms with van der Waals surface area (Å²) in [5.74, 6) is -0.931.